The monoisotopic (exact) mass is 234 g/mol. The molecule has 1 aliphatic rings. The Balaban J connectivity index is 1.83. The Morgan fingerprint density at radius 3 is 2.33 bits per heavy atom. The van der Waals surface area contributed by atoms with Gasteiger partial charge >= 0.3 is 0 Å². The average molecular weight is 234 g/mol. The van der Waals surface area contributed by atoms with Crippen LogP contribution in [0.5, 0.6) is 0 Å². The molecule has 1 aromatic heterocycles. The van der Waals surface area contributed by atoms with Crippen LogP contribution in [-0.4, -0.2) is 4.98 Å². The maximum Gasteiger partial charge on any atom is 0.0835 e. The first-order valence-corrected chi connectivity index (χ1v) is 6.21. The molecule has 1 saturated carbocycles. The van der Waals surface area contributed by atoms with Crippen LogP contribution in [0.15, 0.2) is 54.9 Å². The van der Waals surface area contributed by atoms with Crippen molar-refractivity contribution in [2.45, 2.75) is 24.2 Å². The fraction of sp³-hybridized carbons (Fsp3) is 0.250. The summed E-state index contributed by atoms with van der Waals surface area (Å²) in [6.45, 7) is 0. The van der Waals surface area contributed by atoms with E-state index in [2.05, 4.69) is 35.3 Å². The first-order chi connectivity index (χ1) is 8.84. The lowest BCUT2D eigenvalue weighted by Gasteiger charge is -2.43. The molecule has 0 radical (unpaired) electrons. The van der Waals surface area contributed by atoms with E-state index in [-0.39, 0.29) is 5.41 Å². The largest absolute Gasteiger partial charge is 0.265 e. The molecule has 88 valence electrons. The van der Waals surface area contributed by atoms with Crippen molar-refractivity contribution in [3.8, 4) is 6.07 Å². The zero-order chi connectivity index (χ0) is 12.4. The molecule has 1 aliphatic carbocycles. The van der Waals surface area contributed by atoms with E-state index in [1.54, 1.807) is 12.4 Å². The van der Waals surface area contributed by atoms with Gasteiger partial charge in [0.25, 0.3) is 0 Å². The van der Waals surface area contributed by atoms with E-state index in [1.807, 2.05) is 18.2 Å². The molecule has 1 fully saturated rings. The highest BCUT2D eigenvalue weighted by Crippen LogP contribution is 2.52. The SMILES string of the molecule is N#CC1(c2ccncc2)CC(c2ccccc2)C1. The van der Waals surface area contributed by atoms with Gasteiger partial charge in [0.2, 0.25) is 0 Å². The van der Waals surface area contributed by atoms with Crippen LogP contribution in [0.25, 0.3) is 0 Å². The number of nitrogens with zero attached hydrogens (tertiary/aromatic N) is 2. The van der Waals surface area contributed by atoms with E-state index in [0.717, 1.165) is 18.4 Å². The fourth-order valence-electron chi connectivity index (χ4n) is 2.80. The molecule has 0 unspecified atom stereocenters. The van der Waals surface area contributed by atoms with Gasteiger partial charge in [-0.3, -0.25) is 4.98 Å². The number of benzene rings is 1. The minimum Gasteiger partial charge on any atom is -0.265 e. The third-order valence-electron chi connectivity index (χ3n) is 3.91. The van der Waals surface area contributed by atoms with Crippen molar-refractivity contribution in [1.29, 1.82) is 5.26 Å². The highest BCUT2D eigenvalue weighted by atomic mass is 14.6. The summed E-state index contributed by atoms with van der Waals surface area (Å²) < 4.78 is 0. The topological polar surface area (TPSA) is 36.7 Å². The number of hydrogen-bond donors (Lipinski definition) is 0. The fourth-order valence-corrected chi connectivity index (χ4v) is 2.80. The molecule has 2 heteroatoms. The quantitative estimate of drug-likeness (QED) is 0.798. The predicted octanol–water partition coefficient (Wildman–Crippen LogP) is 3.42. The van der Waals surface area contributed by atoms with Crippen LogP contribution in [0.2, 0.25) is 0 Å². The summed E-state index contributed by atoms with van der Waals surface area (Å²) in [5.41, 5.74) is 2.15. The van der Waals surface area contributed by atoms with Crippen LogP contribution < -0.4 is 0 Å². The minimum absolute atomic E-state index is 0.302. The molecule has 0 aliphatic heterocycles. The van der Waals surface area contributed by atoms with Gasteiger partial charge in [0.05, 0.1) is 11.5 Å². The molecule has 0 saturated heterocycles. The Bertz CT molecular complexity index is 563. The molecule has 2 aromatic rings. The van der Waals surface area contributed by atoms with E-state index < -0.39 is 0 Å². The van der Waals surface area contributed by atoms with Crippen LogP contribution in [0, 0.1) is 11.3 Å². The summed E-state index contributed by atoms with van der Waals surface area (Å²) in [7, 11) is 0. The van der Waals surface area contributed by atoms with Crippen molar-refractivity contribution in [2.24, 2.45) is 0 Å². The third-order valence-corrected chi connectivity index (χ3v) is 3.91. The molecule has 2 nitrogen and oxygen atoms in total. The number of hydrogen-bond acceptors (Lipinski definition) is 2. The Hall–Kier alpha value is -2.14. The van der Waals surface area contributed by atoms with Crippen LogP contribution in [0.3, 0.4) is 0 Å². The highest BCUT2D eigenvalue weighted by molar-refractivity contribution is 5.39. The summed E-state index contributed by atoms with van der Waals surface area (Å²) in [6.07, 6.45) is 5.36. The molecular formula is C16H14N2. The van der Waals surface area contributed by atoms with Crippen molar-refractivity contribution in [1.82, 2.24) is 4.98 Å². The molecule has 0 N–H and O–H groups in total. The van der Waals surface area contributed by atoms with Crippen molar-refractivity contribution >= 4 is 0 Å². The summed E-state index contributed by atoms with van der Waals surface area (Å²) >= 11 is 0. The molecule has 0 spiro atoms. The molecule has 0 amide bonds. The first-order valence-electron chi connectivity index (χ1n) is 6.21. The maximum absolute atomic E-state index is 9.48. The molecule has 1 heterocycles. The highest BCUT2D eigenvalue weighted by Gasteiger charge is 2.46. The molecule has 3 rings (SSSR count). The molecule has 18 heavy (non-hydrogen) atoms. The van der Waals surface area contributed by atoms with Crippen molar-refractivity contribution in [2.75, 3.05) is 0 Å². The van der Waals surface area contributed by atoms with Gasteiger partial charge in [-0.1, -0.05) is 30.3 Å². The molecule has 0 bridgehead atoms. The van der Waals surface area contributed by atoms with Gasteiger partial charge < -0.3 is 0 Å². The lowest BCUT2D eigenvalue weighted by atomic mass is 9.58. The Labute approximate surface area is 107 Å². The first kappa shape index (κ1) is 11.0. The zero-order valence-electron chi connectivity index (χ0n) is 10.1. The second-order valence-electron chi connectivity index (χ2n) is 4.95. The minimum atomic E-state index is -0.302. The number of nitriles is 1. The van der Waals surface area contributed by atoms with Crippen molar-refractivity contribution in [3.05, 3.63) is 66.0 Å². The average Bonchev–Trinajstić information content (AvgIpc) is 2.41. The standard InChI is InChI=1S/C16H14N2/c17-12-16(15-6-8-18-9-7-15)10-14(11-16)13-4-2-1-3-5-13/h1-9,14H,10-11H2. The van der Waals surface area contributed by atoms with Crippen LogP contribution in [0.4, 0.5) is 0 Å². The normalized spacial score (nSPS) is 26.1. The number of rotatable bonds is 2. The van der Waals surface area contributed by atoms with Gasteiger partial charge in [-0.05, 0) is 42.0 Å². The van der Waals surface area contributed by atoms with Gasteiger partial charge in [0, 0.05) is 12.4 Å². The van der Waals surface area contributed by atoms with E-state index in [0.29, 0.717) is 5.92 Å². The summed E-state index contributed by atoms with van der Waals surface area (Å²) in [4.78, 5) is 4.02. The molecular weight excluding hydrogens is 220 g/mol. The molecule has 1 aromatic carbocycles. The Kier molecular flexibility index (Phi) is 2.60. The molecule has 0 atom stereocenters. The van der Waals surface area contributed by atoms with Gasteiger partial charge in [0.15, 0.2) is 0 Å². The van der Waals surface area contributed by atoms with Crippen molar-refractivity contribution in [3.63, 3.8) is 0 Å². The summed E-state index contributed by atoms with van der Waals surface area (Å²) in [5, 5.41) is 9.48. The maximum atomic E-state index is 9.48. The zero-order valence-corrected chi connectivity index (χ0v) is 10.1. The Morgan fingerprint density at radius 2 is 1.72 bits per heavy atom. The number of pyridine rings is 1. The second kappa shape index (κ2) is 4.27. The van der Waals surface area contributed by atoms with Gasteiger partial charge in [-0.2, -0.15) is 5.26 Å². The van der Waals surface area contributed by atoms with Gasteiger partial charge in [-0.15, -0.1) is 0 Å². The lowest BCUT2D eigenvalue weighted by Crippen LogP contribution is -2.38. The second-order valence-corrected chi connectivity index (χ2v) is 4.95. The van der Waals surface area contributed by atoms with E-state index in [9.17, 15) is 5.26 Å². The van der Waals surface area contributed by atoms with Crippen LogP contribution in [-0.2, 0) is 5.41 Å². The van der Waals surface area contributed by atoms with Gasteiger partial charge in [0.1, 0.15) is 0 Å². The predicted molar refractivity (Wildman–Crippen MR) is 69.9 cm³/mol. The van der Waals surface area contributed by atoms with E-state index in [1.165, 1.54) is 5.56 Å². The van der Waals surface area contributed by atoms with E-state index in [4.69, 9.17) is 0 Å². The Morgan fingerprint density at radius 1 is 1.06 bits per heavy atom. The lowest BCUT2D eigenvalue weighted by molar-refractivity contribution is 0.269. The third kappa shape index (κ3) is 1.69. The van der Waals surface area contributed by atoms with Crippen LogP contribution >= 0.6 is 0 Å². The summed E-state index contributed by atoms with van der Waals surface area (Å²) in [6, 6.07) is 16.9. The smallest absolute Gasteiger partial charge is 0.0835 e. The summed E-state index contributed by atoms with van der Waals surface area (Å²) in [5.74, 6) is 0.513. The van der Waals surface area contributed by atoms with Gasteiger partial charge in [-0.25, -0.2) is 0 Å². The van der Waals surface area contributed by atoms with Crippen molar-refractivity contribution < 1.29 is 0 Å². The van der Waals surface area contributed by atoms with Crippen LogP contribution in [0.1, 0.15) is 29.9 Å². The van der Waals surface area contributed by atoms with E-state index >= 15 is 0 Å². The number of aromatic nitrogens is 1.